The fourth-order valence-electron chi connectivity index (χ4n) is 1.69. The summed E-state index contributed by atoms with van der Waals surface area (Å²) < 4.78 is 5.61. The van der Waals surface area contributed by atoms with Crippen molar-refractivity contribution >= 4 is 28.3 Å². The van der Waals surface area contributed by atoms with E-state index in [4.69, 9.17) is 9.84 Å². The number of aliphatic carboxylic acids is 1. The smallest absolute Gasteiger partial charge is 0.307 e. The van der Waals surface area contributed by atoms with Gasteiger partial charge in [-0.1, -0.05) is 18.2 Å². The first-order valence-corrected chi connectivity index (χ1v) is 7.07. The number of carbonyl (C=O) groups excluding carboxylic acids is 1. The maximum absolute atomic E-state index is 10.9. The Morgan fingerprint density at radius 1 is 1.38 bits per heavy atom. The lowest BCUT2D eigenvalue weighted by Gasteiger charge is -2.08. The summed E-state index contributed by atoms with van der Waals surface area (Å²) in [4.78, 5) is 25.9. The third kappa shape index (κ3) is 4.57. The molecular formula is C14H14N2O4S. The number of hydrogen-bond acceptors (Lipinski definition) is 5. The summed E-state index contributed by atoms with van der Waals surface area (Å²) in [6, 6.07) is 6.99. The van der Waals surface area contributed by atoms with Gasteiger partial charge in [0.2, 0.25) is 5.91 Å². The van der Waals surface area contributed by atoms with Crippen molar-refractivity contribution in [1.82, 2.24) is 4.98 Å². The summed E-state index contributed by atoms with van der Waals surface area (Å²) in [5.41, 5.74) is 1.29. The van der Waals surface area contributed by atoms with Gasteiger partial charge in [-0.2, -0.15) is 0 Å². The molecule has 1 aromatic carbocycles. The van der Waals surface area contributed by atoms with Gasteiger partial charge >= 0.3 is 5.97 Å². The summed E-state index contributed by atoms with van der Waals surface area (Å²) in [5, 5.41) is 13.8. The minimum Gasteiger partial charge on any atom is -0.487 e. The summed E-state index contributed by atoms with van der Waals surface area (Å²) in [7, 11) is 0. The highest BCUT2D eigenvalue weighted by Gasteiger charge is 2.09. The predicted octanol–water partition coefficient (Wildman–Crippen LogP) is 2.31. The second-order valence-electron chi connectivity index (χ2n) is 4.29. The van der Waals surface area contributed by atoms with Gasteiger partial charge in [-0.3, -0.25) is 9.59 Å². The largest absolute Gasteiger partial charge is 0.487 e. The molecule has 7 heteroatoms. The van der Waals surface area contributed by atoms with Crippen molar-refractivity contribution < 1.29 is 19.4 Å². The lowest BCUT2D eigenvalue weighted by atomic mass is 10.1. The quantitative estimate of drug-likeness (QED) is 0.855. The molecule has 2 aromatic rings. The number of carboxylic acid groups (broad SMARTS) is 1. The van der Waals surface area contributed by atoms with Gasteiger partial charge in [0.05, 0.1) is 12.1 Å². The molecule has 2 N–H and O–H groups in total. The molecule has 110 valence electrons. The molecule has 0 fully saturated rings. The zero-order valence-electron chi connectivity index (χ0n) is 11.3. The standard InChI is InChI=1S/C14H14N2O4S/c1-9(17)15-14-16-11(8-21-14)7-20-12-5-3-2-4-10(12)6-13(18)19/h2-5,8H,6-7H2,1H3,(H,18,19)(H,15,16,17). The Morgan fingerprint density at radius 3 is 2.86 bits per heavy atom. The van der Waals surface area contributed by atoms with Gasteiger partial charge in [-0.25, -0.2) is 4.98 Å². The van der Waals surface area contributed by atoms with Crippen LogP contribution in [0.2, 0.25) is 0 Å². The molecule has 0 unspecified atom stereocenters. The van der Waals surface area contributed by atoms with Crippen LogP contribution in [0.1, 0.15) is 18.2 Å². The van der Waals surface area contributed by atoms with Crippen molar-refractivity contribution in [1.29, 1.82) is 0 Å². The van der Waals surface area contributed by atoms with E-state index in [0.29, 0.717) is 22.1 Å². The average molecular weight is 306 g/mol. The summed E-state index contributed by atoms with van der Waals surface area (Å²) in [6.45, 7) is 1.63. The van der Waals surface area contributed by atoms with E-state index in [1.54, 1.807) is 29.6 Å². The van der Waals surface area contributed by atoms with Crippen LogP contribution in [0.5, 0.6) is 5.75 Å². The molecule has 0 aliphatic rings. The van der Waals surface area contributed by atoms with E-state index in [9.17, 15) is 9.59 Å². The van der Waals surface area contributed by atoms with E-state index >= 15 is 0 Å². The van der Waals surface area contributed by atoms with Crippen molar-refractivity contribution in [2.45, 2.75) is 20.0 Å². The molecule has 0 aliphatic heterocycles. The molecule has 0 saturated heterocycles. The van der Waals surface area contributed by atoms with Crippen molar-refractivity contribution in [3.63, 3.8) is 0 Å². The lowest BCUT2D eigenvalue weighted by Crippen LogP contribution is -2.06. The van der Waals surface area contributed by atoms with Crippen LogP contribution in [-0.4, -0.2) is 22.0 Å². The number of rotatable bonds is 6. The zero-order chi connectivity index (χ0) is 15.2. The maximum Gasteiger partial charge on any atom is 0.307 e. The first kappa shape index (κ1) is 15.0. The maximum atomic E-state index is 10.9. The molecule has 1 amide bonds. The number of ether oxygens (including phenoxy) is 1. The molecule has 0 atom stereocenters. The Balaban J connectivity index is 2.01. The Labute approximate surface area is 125 Å². The van der Waals surface area contributed by atoms with E-state index in [1.807, 2.05) is 0 Å². The lowest BCUT2D eigenvalue weighted by molar-refractivity contribution is -0.136. The number of carbonyl (C=O) groups is 2. The third-order valence-corrected chi connectivity index (χ3v) is 3.33. The first-order chi connectivity index (χ1) is 10.0. The molecule has 0 aliphatic carbocycles. The Kier molecular flexibility index (Phi) is 4.89. The number of hydrogen-bond donors (Lipinski definition) is 2. The molecule has 2 rings (SSSR count). The van der Waals surface area contributed by atoms with Gasteiger partial charge in [0, 0.05) is 17.9 Å². The van der Waals surface area contributed by atoms with Crippen LogP contribution in [0, 0.1) is 0 Å². The van der Waals surface area contributed by atoms with Crippen LogP contribution in [-0.2, 0) is 22.6 Å². The number of anilines is 1. The normalized spacial score (nSPS) is 10.1. The van der Waals surface area contributed by atoms with Crippen molar-refractivity contribution in [3.05, 3.63) is 40.9 Å². The van der Waals surface area contributed by atoms with Gasteiger partial charge in [-0.15, -0.1) is 11.3 Å². The summed E-state index contributed by atoms with van der Waals surface area (Å²) in [5.74, 6) is -0.565. The molecule has 21 heavy (non-hydrogen) atoms. The highest BCUT2D eigenvalue weighted by atomic mass is 32.1. The average Bonchev–Trinajstić information content (AvgIpc) is 2.84. The van der Waals surface area contributed by atoms with E-state index < -0.39 is 5.97 Å². The Bertz CT molecular complexity index is 654. The highest BCUT2D eigenvalue weighted by Crippen LogP contribution is 2.21. The van der Waals surface area contributed by atoms with E-state index in [2.05, 4.69) is 10.3 Å². The zero-order valence-corrected chi connectivity index (χ0v) is 12.1. The predicted molar refractivity (Wildman–Crippen MR) is 78.5 cm³/mol. The van der Waals surface area contributed by atoms with E-state index in [0.717, 1.165) is 0 Å². The molecule has 0 bridgehead atoms. The van der Waals surface area contributed by atoms with Crippen LogP contribution >= 0.6 is 11.3 Å². The summed E-state index contributed by atoms with van der Waals surface area (Å²) >= 11 is 1.31. The van der Waals surface area contributed by atoms with Crippen LogP contribution in [0.15, 0.2) is 29.6 Å². The number of nitrogens with zero attached hydrogens (tertiary/aromatic N) is 1. The molecule has 1 aromatic heterocycles. The number of para-hydroxylation sites is 1. The Morgan fingerprint density at radius 2 is 2.14 bits per heavy atom. The van der Waals surface area contributed by atoms with Gasteiger partial charge in [0.15, 0.2) is 5.13 Å². The van der Waals surface area contributed by atoms with Gasteiger partial charge in [0.25, 0.3) is 0 Å². The molecule has 0 spiro atoms. The van der Waals surface area contributed by atoms with Crippen LogP contribution < -0.4 is 10.1 Å². The molecule has 0 saturated carbocycles. The number of benzene rings is 1. The van der Waals surface area contributed by atoms with E-state index in [-0.39, 0.29) is 18.9 Å². The molecule has 0 radical (unpaired) electrons. The Hall–Kier alpha value is -2.41. The fourth-order valence-corrected chi connectivity index (χ4v) is 2.43. The van der Waals surface area contributed by atoms with Crippen molar-refractivity contribution in [2.75, 3.05) is 5.32 Å². The van der Waals surface area contributed by atoms with Gasteiger partial charge in [0.1, 0.15) is 12.4 Å². The number of carboxylic acids is 1. The minimum absolute atomic E-state index is 0.0929. The number of aromatic nitrogens is 1. The van der Waals surface area contributed by atoms with Gasteiger partial charge < -0.3 is 15.2 Å². The second-order valence-corrected chi connectivity index (χ2v) is 5.15. The summed E-state index contributed by atoms with van der Waals surface area (Å²) in [6.07, 6.45) is -0.0929. The van der Waals surface area contributed by atoms with Crippen molar-refractivity contribution in [3.8, 4) is 5.75 Å². The molecule has 1 heterocycles. The number of thiazole rings is 1. The number of amides is 1. The third-order valence-electron chi connectivity index (χ3n) is 2.52. The fraction of sp³-hybridized carbons (Fsp3) is 0.214. The monoisotopic (exact) mass is 306 g/mol. The van der Waals surface area contributed by atoms with Gasteiger partial charge in [-0.05, 0) is 6.07 Å². The highest BCUT2D eigenvalue weighted by molar-refractivity contribution is 7.13. The van der Waals surface area contributed by atoms with Crippen LogP contribution in [0.3, 0.4) is 0 Å². The van der Waals surface area contributed by atoms with Crippen LogP contribution in [0.25, 0.3) is 0 Å². The molecule has 6 nitrogen and oxygen atoms in total. The van der Waals surface area contributed by atoms with Crippen molar-refractivity contribution in [2.24, 2.45) is 0 Å². The SMILES string of the molecule is CC(=O)Nc1nc(COc2ccccc2CC(=O)O)cs1. The topological polar surface area (TPSA) is 88.5 Å². The van der Waals surface area contributed by atoms with Crippen LogP contribution in [0.4, 0.5) is 5.13 Å². The second kappa shape index (κ2) is 6.85. The molecular weight excluding hydrogens is 292 g/mol. The first-order valence-electron chi connectivity index (χ1n) is 6.19. The number of nitrogens with one attached hydrogen (secondary N) is 1. The van der Waals surface area contributed by atoms with E-state index in [1.165, 1.54) is 18.3 Å². The minimum atomic E-state index is -0.910.